The summed E-state index contributed by atoms with van der Waals surface area (Å²) in [6.45, 7) is 3.27. The highest BCUT2D eigenvalue weighted by Crippen LogP contribution is 2.45. The number of hydrogen-bond donors (Lipinski definition) is 0. The van der Waals surface area contributed by atoms with Crippen molar-refractivity contribution in [3.63, 3.8) is 0 Å². The van der Waals surface area contributed by atoms with Gasteiger partial charge < -0.3 is 33.8 Å². The first-order valence-corrected chi connectivity index (χ1v) is 10.6. The van der Waals surface area contributed by atoms with Crippen LogP contribution in [0.5, 0.6) is 0 Å². The molecule has 3 nitrogen and oxygen atoms in total. The summed E-state index contributed by atoms with van der Waals surface area (Å²) in [6, 6.07) is 19.5. The molecular weight excluding hydrogens is 616 g/mol. The summed E-state index contributed by atoms with van der Waals surface area (Å²) in [7, 11) is 8.15. The molecule has 0 bridgehead atoms. The van der Waals surface area contributed by atoms with Gasteiger partial charge in [-0.15, -0.1) is 24.0 Å². The van der Waals surface area contributed by atoms with Crippen molar-refractivity contribution in [1.82, 2.24) is 4.90 Å². The third-order valence-corrected chi connectivity index (χ3v) is 5.64. The van der Waals surface area contributed by atoms with E-state index in [9.17, 15) is 0 Å². The summed E-state index contributed by atoms with van der Waals surface area (Å²) >= 11 is 1.84. The molecule has 0 atom stereocenters. The first-order chi connectivity index (χ1) is 13.5. The van der Waals surface area contributed by atoms with E-state index in [1.165, 1.54) is 32.1 Å². The van der Waals surface area contributed by atoms with Gasteiger partial charge in [-0.05, 0) is 51.0 Å². The second kappa shape index (κ2) is 12.9. The molecule has 6 heteroatoms. The van der Waals surface area contributed by atoms with Crippen molar-refractivity contribution in [3.8, 4) is 0 Å². The Hall–Kier alpha value is -0.840. The zero-order valence-corrected chi connectivity index (χ0v) is 23.6. The number of pyridine rings is 1. The van der Waals surface area contributed by atoms with Crippen molar-refractivity contribution in [3.05, 3.63) is 71.4 Å². The highest BCUT2D eigenvalue weighted by Gasteiger charge is 2.21. The van der Waals surface area contributed by atoms with Crippen molar-refractivity contribution < 1.29 is 28.5 Å². The number of rotatable bonds is 3. The van der Waals surface area contributed by atoms with Gasteiger partial charge in [-0.3, -0.25) is 0 Å². The van der Waals surface area contributed by atoms with Crippen LogP contribution in [0.25, 0.3) is 17.0 Å². The molecular formula is C24H31I2N3S. The van der Waals surface area contributed by atoms with Gasteiger partial charge in [-0.1, -0.05) is 43.0 Å². The summed E-state index contributed by atoms with van der Waals surface area (Å²) in [5.41, 5.74) is 3.87. The summed E-state index contributed by atoms with van der Waals surface area (Å²) < 4.78 is 2.34. The topological polar surface area (TPSA) is 10.4 Å². The van der Waals surface area contributed by atoms with Crippen LogP contribution < -0.4 is 33.4 Å². The maximum atomic E-state index is 2.34. The van der Waals surface area contributed by atoms with Gasteiger partial charge >= 0.3 is 0 Å². The Bertz CT molecular complexity index is 986. The van der Waals surface area contributed by atoms with Gasteiger partial charge in [0.2, 0.25) is 5.52 Å². The Morgan fingerprint density at radius 3 is 2.30 bits per heavy atom. The summed E-state index contributed by atoms with van der Waals surface area (Å²) in [6.07, 6.45) is 5.66. The fourth-order valence-corrected chi connectivity index (χ4v) is 4.35. The molecule has 1 aromatic heterocycles. The van der Waals surface area contributed by atoms with Crippen molar-refractivity contribution in [2.75, 3.05) is 33.1 Å². The number of hydrogen-bond acceptors (Lipinski definition) is 3. The van der Waals surface area contributed by atoms with E-state index in [0.717, 1.165) is 13.0 Å². The standard InChI is InChI=1S/C21H21N2S.C3H9N.2HI/c1-3-13-23-14-12-16(17-8-4-5-9-18(17)23)15-21-22(2)19-10-6-7-11-20(19)24-21;1-4(2)3;;/h4-12,14-15H,3,13H2,1-2H3;1-3H3;2*1H/q+1;;;/p-1. The molecule has 4 rings (SSSR count). The van der Waals surface area contributed by atoms with Crippen molar-refractivity contribution in [1.29, 1.82) is 0 Å². The van der Waals surface area contributed by atoms with E-state index in [1.807, 2.05) is 37.8 Å². The minimum absolute atomic E-state index is 0. The lowest BCUT2D eigenvalue weighted by molar-refractivity contribution is -0.671. The molecule has 0 saturated heterocycles. The second-order valence-corrected chi connectivity index (χ2v) is 8.50. The van der Waals surface area contributed by atoms with E-state index in [1.54, 1.807) is 0 Å². The molecule has 0 spiro atoms. The van der Waals surface area contributed by atoms with Crippen LogP contribution in [0.4, 0.5) is 5.69 Å². The van der Waals surface area contributed by atoms with Crippen LogP contribution >= 0.6 is 35.7 Å². The van der Waals surface area contributed by atoms with Gasteiger partial charge in [0.1, 0.15) is 6.54 Å². The average Bonchev–Trinajstić information content (AvgIpc) is 2.99. The third kappa shape index (κ3) is 6.58. The number of anilines is 1. The average molecular weight is 647 g/mol. The molecule has 0 saturated carbocycles. The van der Waals surface area contributed by atoms with Crippen molar-refractivity contribution in [2.24, 2.45) is 0 Å². The molecule has 1 aliphatic heterocycles. The number of fused-ring (bicyclic) bond motifs is 2. The Labute approximate surface area is 219 Å². The van der Waals surface area contributed by atoms with Crippen LogP contribution in [0.15, 0.2) is 70.7 Å². The monoisotopic (exact) mass is 647 g/mol. The zero-order valence-electron chi connectivity index (χ0n) is 18.3. The van der Waals surface area contributed by atoms with E-state index in [4.69, 9.17) is 0 Å². The lowest BCUT2D eigenvalue weighted by Crippen LogP contribution is -3.00. The van der Waals surface area contributed by atoms with Crippen LogP contribution in [0.3, 0.4) is 0 Å². The number of aryl methyl sites for hydroxylation is 1. The van der Waals surface area contributed by atoms with Crippen molar-refractivity contribution in [2.45, 2.75) is 24.8 Å². The van der Waals surface area contributed by atoms with Gasteiger partial charge in [0.05, 0.1) is 16.1 Å². The first kappa shape index (κ1) is 27.2. The van der Waals surface area contributed by atoms with E-state index < -0.39 is 0 Å². The van der Waals surface area contributed by atoms with Crippen molar-refractivity contribution >= 4 is 58.4 Å². The molecule has 0 fully saturated rings. The zero-order chi connectivity index (χ0) is 20.1. The summed E-state index contributed by atoms with van der Waals surface area (Å²) in [4.78, 5) is 5.61. The van der Waals surface area contributed by atoms with Gasteiger partial charge in [0.25, 0.3) is 0 Å². The number of para-hydroxylation sites is 2. The molecule has 0 unspecified atom stereocenters. The Kier molecular flexibility index (Phi) is 11.7. The lowest BCUT2D eigenvalue weighted by Gasteiger charge is -2.13. The van der Waals surface area contributed by atoms with Crippen LogP contribution in [0, 0.1) is 0 Å². The second-order valence-electron chi connectivity index (χ2n) is 7.43. The smallest absolute Gasteiger partial charge is 0.213 e. The quantitative estimate of drug-likeness (QED) is 0.321. The molecule has 2 heterocycles. The highest BCUT2D eigenvalue weighted by molar-refractivity contribution is 14.0. The SMILES string of the molecule is CCC[n+]1ccc(C=C2Sc3ccccc3N2C)c2ccccc21.CN(C)C.I.[I-]. The van der Waals surface area contributed by atoms with Crippen LogP contribution in [0.2, 0.25) is 0 Å². The normalized spacial score (nSPS) is 13.4. The molecule has 2 aromatic carbocycles. The molecule has 0 aliphatic carbocycles. The van der Waals surface area contributed by atoms with E-state index in [0.29, 0.717) is 0 Å². The molecule has 0 amide bonds. The maximum absolute atomic E-state index is 2.34. The molecule has 162 valence electrons. The predicted molar refractivity (Wildman–Crippen MR) is 138 cm³/mol. The minimum atomic E-state index is 0. The highest BCUT2D eigenvalue weighted by atomic mass is 127. The van der Waals surface area contributed by atoms with E-state index in [2.05, 4.69) is 90.3 Å². The third-order valence-electron chi connectivity index (χ3n) is 4.47. The number of thioether (sulfide) groups is 1. The summed E-state index contributed by atoms with van der Waals surface area (Å²) in [5, 5.41) is 2.58. The van der Waals surface area contributed by atoms with E-state index in [-0.39, 0.29) is 48.0 Å². The molecule has 30 heavy (non-hydrogen) atoms. The van der Waals surface area contributed by atoms with Gasteiger partial charge in [-0.25, -0.2) is 0 Å². The number of benzene rings is 2. The van der Waals surface area contributed by atoms with E-state index >= 15 is 0 Å². The van der Waals surface area contributed by atoms with Crippen LogP contribution in [0.1, 0.15) is 18.9 Å². The van der Waals surface area contributed by atoms with Gasteiger partial charge in [0.15, 0.2) is 6.20 Å². The van der Waals surface area contributed by atoms with Gasteiger partial charge in [-0.2, -0.15) is 4.57 Å². The Morgan fingerprint density at radius 2 is 1.63 bits per heavy atom. The lowest BCUT2D eigenvalue weighted by atomic mass is 10.1. The Morgan fingerprint density at radius 1 is 1.00 bits per heavy atom. The van der Waals surface area contributed by atoms with Crippen LogP contribution in [-0.4, -0.2) is 33.1 Å². The van der Waals surface area contributed by atoms with Gasteiger partial charge in [0, 0.05) is 30.5 Å². The number of nitrogens with zero attached hydrogens (tertiary/aromatic N) is 3. The fourth-order valence-electron chi connectivity index (χ4n) is 3.25. The summed E-state index contributed by atoms with van der Waals surface area (Å²) in [5.74, 6) is 0. The first-order valence-electron chi connectivity index (χ1n) is 9.75. The number of aromatic nitrogens is 1. The molecule has 1 aliphatic rings. The minimum Gasteiger partial charge on any atom is -1.00 e. The molecule has 3 aromatic rings. The number of halogens is 2. The molecule has 0 N–H and O–H groups in total. The maximum Gasteiger partial charge on any atom is 0.213 e. The Balaban J connectivity index is 0.000000692. The predicted octanol–water partition coefficient (Wildman–Crippen LogP) is 2.88. The molecule has 0 radical (unpaired) electrons. The largest absolute Gasteiger partial charge is 1.00 e. The fraction of sp³-hybridized carbons (Fsp3) is 0.292. The van der Waals surface area contributed by atoms with Crippen LogP contribution in [-0.2, 0) is 6.54 Å².